The van der Waals surface area contributed by atoms with Crippen molar-refractivity contribution in [1.82, 2.24) is 4.90 Å². The lowest BCUT2D eigenvalue weighted by atomic mass is 9.97. The average Bonchev–Trinajstić information content (AvgIpc) is 2.35. The van der Waals surface area contributed by atoms with Gasteiger partial charge in [0.1, 0.15) is 0 Å². The Bertz CT molecular complexity index is 493. The Balaban J connectivity index is 2.23. The molecule has 0 aliphatic carbocycles. The summed E-state index contributed by atoms with van der Waals surface area (Å²) in [7, 11) is 0. The zero-order valence-electron chi connectivity index (χ0n) is 9.63. The lowest BCUT2D eigenvalue weighted by Gasteiger charge is -2.29. The topological polar surface area (TPSA) is 20.3 Å². The first kappa shape index (κ1) is 12.7. The molecule has 18 heavy (non-hydrogen) atoms. The molecule has 96 valence electrons. The lowest BCUT2D eigenvalue weighted by Crippen LogP contribution is -2.43. The molecule has 0 spiro atoms. The van der Waals surface area contributed by atoms with Crippen molar-refractivity contribution in [3.63, 3.8) is 0 Å². The second-order valence-electron chi connectivity index (χ2n) is 4.21. The fourth-order valence-corrected chi connectivity index (χ4v) is 2.06. The van der Waals surface area contributed by atoms with Crippen LogP contribution in [0.3, 0.4) is 0 Å². The first-order valence-electron chi connectivity index (χ1n) is 5.52. The summed E-state index contributed by atoms with van der Waals surface area (Å²) >= 11 is 0. The average molecular weight is 255 g/mol. The molecule has 0 bridgehead atoms. The van der Waals surface area contributed by atoms with Gasteiger partial charge in [-0.25, -0.2) is 0 Å². The highest BCUT2D eigenvalue weighted by Gasteiger charge is 2.43. The fourth-order valence-electron chi connectivity index (χ4n) is 2.06. The molecule has 1 aliphatic heterocycles. The number of halogens is 3. The van der Waals surface area contributed by atoms with Crippen molar-refractivity contribution in [2.75, 3.05) is 6.54 Å². The molecular weight excluding hydrogens is 243 g/mol. The maximum atomic E-state index is 12.3. The number of fused-ring (bicyclic) bond motifs is 1. The van der Waals surface area contributed by atoms with Crippen LogP contribution in [0.15, 0.2) is 24.8 Å². The Morgan fingerprint density at radius 1 is 1.33 bits per heavy atom. The van der Waals surface area contributed by atoms with E-state index >= 15 is 0 Å². The van der Waals surface area contributed by atoms with Gasteiger partial charge in [-0.3, -0.25) is 4.79 Å². The fraction of sp³-hybridized carbons (Fsp3) is 0.308. The van der Waals surface area contributed by atoms with Crippen LogP contribution >= 0.6 is 0 Å². The summed E-state index contributed by atoms with van der Waals surface area (Å²) in [4.78, 5) is 12.0. The molecular formula is C13H12F3NO. The molecule has 2 nitrogen and oxygen atoms in total. The van der Waals surface area contributed by atoms with Crippen LogP contribution < -0.4 is 0 Å². The number of benzene rings is 1. The molecule has 0 fully saturated rings. The molecule has 0 saturated carbocycles. The number of alkyl halides is 3. The minimum Gasteiger partial charge on any atom is -0.330 e. The highest BCUT2D eigenvalue weighted by Crippen LogP contribution is 2.25. The van der Waals surface area contributed by atoms with Crippen molar-refractivity contribution in [3.05, 3.63) is 41.5 Å². The SMILES string of the molecule is C=Cc1ccc2c(c1)CN(C(=O)C(F)(F)F)CC2. The molecule has 0 saturated heterocycles. The number of hydrogen-bond acceptors (Lipinski definition) is 1. The van der Waals surface area contributed by atoms with Crippen molar-refractivity contribution in [3.8, 4) is 0 Å². The maximum Gasteiger partial charge on any atom is 0.471 e. The Labute approximate surface area is 103 Å². The van der Waals surface area contributed by atoms with Gasteiger partial charge in [-0.05, 0) is 29.2 Å². The van der Waals surface area contributed by atoms with Crippen LogP contribution in [-0.4, -0.2) is 23.5 Å². The van der Waals surface area contributed by atoms with E-state index in [4.69, 9.17) is 0 Å². The van der Waals surface area contributed by atoms with E-state index in [1.54, 1.807) is 12.1 Å². The second kappa shape index (κ2) is 4.48. The van der Waals surface area contributed by atoms with Gasteiger partial charge in [0.2, 0.25) is 0 Å². The number of hydrogen-bond donors (Lipinski definition) is 0. The van der Waals surface area contributed by atoms with Crippen LogP contribution in [0, 0.1) is 0 Å². The van der Waals surface area contributed by atoms with E-state index in [9.17, 15) is 18.0 Å². The number of carbonyl (C=O) groups excluding carboxylic acids is 1. The Morgan fingerprint density at radius 2 is 2.06 bits per heavy atom. The van der Waals surface area contributed by atoms with E-state index in [0.717, 1.165) is 21.6 Å². The quantitative estimate of drug-likeness (QED) is 0.755. The van der Waals surface area contributed by atoms with Crippen LogP contribution in [0.4, 0.5) is 13.2 Å². The summed E-state index contributed by atoms with van der Waals surface area (Å²) in [6.07, 6.45) is -2.72. The van der Waals surface area contributed by atoms with Crippen molar-refractivity contribution in [2.45, 2.75) is 19.1 Å². The molecule has 1 aromatic carbocycles. The highest BCUT2D eigenvalue weighted by atomic mass is 19.4. The molecule has 1 amide bonds. The van der Waals surface area contributed by atoms with Gasteiger partial charge < -0.3 is 4.90 Å². The summed E-state index contributed by atoms with van der Waals surface area (Å²) in [5, 5.41) is 0. The van der Waals surface area contributed by atoms with E-state index in [1.807, 2.05) is 12.1 Å². The summed E-state index contributed by atoms with van der Waals surface area (Å²) in [5.74, 6) is -1.77. The van der Waals surface area contributed by atoms with Gasteiger partial charge in [0, 0.05) is 13.1 Å². The molecule has 0 N–H and O–H groups in total. The zero-order valence-corrected chi connectivity index (χ0v) is 9.63. The third-order valence-electron chi connectivity index (χ3n) is 3.01. The minimum atomic E-state index is -4.80. The van der Waals surface area contributed by atoms with Crippen molar-refractivity contribution >= 4 is 12.0 Å². The van der Waals surface area contributed by atoms with Crippen molar-refractivity contribution in [2.24, 2.45) is 0 Å². The third-order valence-corrected chi connectivity index (χ3v) is 3.01. The molecule has 1 heterocycles. The molecule has 2 rings (SSSR count). The van der Waals surface area contributed by atoms with Crippen LogP contribution in [0.25, 0.3) is 6.08 Å². The van der Waals surface area contributed by atoms with Gasteiger partial charge in [-0.2, -0.15) is 13.2 Å². The molecule has 1 aliphatic rings. The van der Waals surface area contributed by atoms with Gasteiger partial charge in [0.15, 0.2) is 0 Å². The summed E-state index contributed by atoms with van der Waals surface area (Å²) in [6.45, 7) is 3.73. The van der Waals surface area contributed by atoms with Gasteiger partial charge in [-0.1, -0.05) is 24.8 Å². The summed E-state index contributed by atoms with van der Waals surface area (Å²) in [6, 6.07) is 5.52. The first-order valence-corrected chi connectivity index (χ1v) is 5.52. The largest absolute Gasteiger partial charge is 0.471 e. The van der Waals surface area contributed by atoms with Gasteiger partial charge in [-0.15, -0.1) is 0 Å². The zero-order chi connectivity index (χ0) is 13.3. The number of rotatable bonds is 1. The molecule has 0 radical (unpaired) electrons. The smallest absolute Gasteiger partial charge is 0.330 e. The normalized spacial score (nSPS) is 15.2. The van der Waals surface area contributed by atoms with Crippen molar-refractivity contribution < 1.29 is 18.0 Å². The minimum absolute atomic E-state index is 0.00928. The third kappa shape index (κ3) is 2.39. The Kier molecular flexibility index (Phi) is 3.15. The predicted octanol–water partition coefficient (Wildman–Crippen LogP) is 2.78. The predicted molar refractivity (Wildman–Crippen MR) is 61.7 cm³/mol. The summed E-state index contributed by atoms with van der Waals surface area (Å²) < 4.78 is 37.0. The van der Waals surface area contributed by atoms with E-state index < -0.39 is 12.1 Å². The molecule has 0 atom stereocenters. The number of carbonyl (C=O) groups is 1. The molecule has 0 unspecified atom stereocenters. The Morgan fingerprint density at radius 3 is 2.67 bits per heavy atom. The van der Waals surface area contributed by atoms with E-state index in [0.29, 0.717) is 6.42 Å². The molecule has 5 heteroatoms. The number of amides is 1. The van der Waals surface area contributed by atoms with Gasteiger partial charge in [0.05, 0.1) is 0 Å². The summed E-state index contributed by atoms with van der Waals surface area (Å²) in [5.41, 5.74) is 2.60. The maximum absolute atomic E-state index is 12.3. The Hall–Kier alpha value is -1.78. The van der Waals surface area contributed by atoms with Crippen LogP contribution in [0.5, 0.6) is 0 Å². The molecule has 0 aromatic heterocycles. The highest BCUT2D eigenvalue weighted by molar-refractivity contribution is 5.82. The van der Waals surface area contributed by atoms with Gasteiger partial charge in [0.25, 0.3) is 0 Å². The molecule has 1 aromatic rings. The standard InChI is InChI=1S/C13H12F3NO/c1-2-9-3-4-10-5-6-17(8-11(10)7-9)12(18)13(14,15)16/h2-4,7H,1,5-6,8H2. The van der Waals surface area contributed by atoms with Crippen molar-refractivity contribution in [1.29, 1.82) is 0 Å². The van der Waals surface area contributed by atoms with Crippen LogP contribution in [0.1, 0.15) is 16.7 Å². The van der Waals surface area contributed by atoms with E-state index in [2.05, 4.69) is 6.58 Å². The second-order valence-corrected chi connectivity index (χ2v) is 4.21. The lowest BCUT2D eigenvalue weighted by molar-refractivity contribution is -0.186. The van der Waals surface area contributed by atoms with Gasteiger partial charge >= 0.3 is 12.1 Å². The number of nitrogens with zero attached hydrogens (tertiary/aromatic N) is 1. The van der Waals surface area contributed by atoms with Crippen LogP contribution in [0.2, 0.25) is 0 Å². The van der Waals surface area contributed by atoms with E-state index in [1.165, 1.54) is 0 Å². The van der Waals surface area contributed by atoms with Crippen LogP contribution in [-0.2, 0) is 17.8 Å². The first-order chi connectivity index (χ1) is 8.41. The monoisotopic (exact) mass is 255 g/mol. The van der Waals surface area contributed by atoms with E-state index in [-0.39, 0.29) is 13.1 Å².